The van der Waals surface area contributed by atoms with Crippen molar-refractivity contribution in [3.05, 3.63) is 35.8 Å². The van der Waals surface area contributed by atoms with E-state index in [-0.39, 0.29) is 49.1 Å². The number of amides is 1. The van der Waals surface area contributed by atoms with E-state index in [1.54, 1.807) is 13.8 Å². The fourth-order valence-corrected chi connectivity index (χ4v) is 4.80. The summed E-state index contributed by atoms with van der Waals surface area (Å²) < 4.78 is 44.8. The van der Waals surface area contributed by atoms with Gasteiger partial charge in [-0.25, -0.2) is 4.79 Å². The standard InChI is InChI=1S/C24H34N2O5/c1-3-31-24(30)19(14-13-17-9-5-4-6-10-17)25-16(2)22(27)26-20-12-8-7-11-18(20)15-21(26)23(28)29/h4-6,9-10,16,18-21,25H,3,7-8,11-15H2,1-2H3,(H,28,29)/t16-,18+,19-,20-,21-/m0/s1/i4D,5D,6D,9D,10D. The predicted octanol–water partition coefficient (Wildman–Crippen LogP) is 2.77. The normalized spacial score (nSPS) is 27.1. The van der Waals surface area contributed by atoms with Crippen molar-refractivity contribution in [3.63, 3.8) is 0 Å². The van der Waals surface area contributed by atoms with Gasteiger partial charge in [0.05, 0.1) is 19.5 Å². The molecule has 1 aromatic rings. The van der Waals surface area contributed by atoms with Gasteiger partial charge in [-0.2, -0.15) is 0 Å². The largest absolute Gasteiger partial charge is 0.480 e. The Balaban J connectivity index is 1.79. The predicted molar refractivity (Wildman–Crippen MR) is 116 cm³/mol. The molecule has 1 amide bonds. The van der Waals surface area contributed by atoms with Crippen molar-refractivity contribution in [2.75, 3.05) is 6.61 Å². The van der Waals surface area contributed by atoms with Crippen molar-refractivity contribution < 1.29 is 31.1 Å². The lowest BCUT2D eigenvalue weighted by molar-refractivity contribution is -0.152. The first kappa shape index (κ1) is 17.2. The maximum Gasteiger partial charge on any atom is 0.326 e. The third kappa shape index (κ3) is 5.64. The van der Waals surface area contributed by atoms with E-state index in [2.05, 4.69) is 5.32 Å². The van der Waals surface area contributed by atoms with Crippen molar-refractivity contribution in [1.82, 2.24) is 10.2 Å². The summed E-state index contributed by atoms with van der Waals surface area (Å²) in [5, 5.41) is 12.7. The van der Waals surface area contributed by atoms with Gasteiger partial charge in [0, 0.05) is 6.04 Å². The molecule has 1 aliphatic carbocycles. The van der Waals surface area contributed by atoms with Gasteiger partial charge in [0.15, 0.2) is 0 Å². The lowest BCUT2D eigenvalue weighted by atomic mass is 9.84. The third-order valence-corrected chi connectivity index (χ3v) is 6.26. The molecule has 1 aliphatic heterocycles. The minimum atomic E-state index is -1.03. The Morgan fingerprint density at radius 3 is 2.65 bits per heavy atom. The number of nitrogens with one attached hydrogen (secondary N) is 1. The van der Waals surface area contributed by atoms with Crippen LogP contribution in [0.3, 0.4) is 0 Å². The Hall–Kier alpha value is -2.41. The number of hydrogen-bond donors (Lipinski definition) is 2. The molecule has 0 unspecified atom stereocenters. The van der Waals surface area contributed by atoms with Gasteiger partial charge >= 0.3 is 11.9 Å². The van der Waals surface area contributed by atoms with Crippen molar-refractivity contribution in [1.29, 1.82) is 0 Å². The Kier molecular flexibility index (Phi) is 5.96. The van der Waals surface area contributed by atoms with Gasteiger partial charge < -0.3 is 14.7 Å². The zero-order valence-electron chi connectivity index (χ0n) is 23.1. The first-order valence-electron chi connectivity index (χ1n) is 13.5. The summed E-state index contributed by atoms with van der Waals surface area (Å²) in [6.45, 7) is 3.32. The summed E-state index contributed by atoms with van der Waals surface area (Å²) in [6.07, 6.45) is 4.04. The number of aliphatic carboxylic acids is 1. The SMILES string of the molecule is [2H]c1c([2H])c([2H])c(CC[C@H](N[C@@H](C)C(=O)N2[C@H](C(=O)O)C[C@H]3CCCC[C@@H]32)C(=O)OCC)c([2H])c1[2H]. The van der Waals surface area contributed by atoms with Gasteiger partial charge in [-0.3, -0.25) is 14.9 Å². The monoisotopic (exact) mass is 435 g/mol. The van der Waals surface area contributed by atoms with E-state index in [0.717, 1.165) is 25.7 Å². The Morgan fingerprint density at radius 1 is 1.26 bits per heavy atom. The summed E-state index contributed by atoms with van der Waals surface area (Å²) in [5.74, 6) is -1.90. The highest BCUT2D eigenvalue weighted by Crippen LogP contribution is 2.40. The fourth-order valence-electron chi connectivity index (χ4n) is 4.80. The number of likely N-dealkylation sites (tertiary alicyclic amines) is 1. The third-order valence-electron chi connectivity index (χ3n) is 6.26. The molecule has 0 radical (unpaired) electrons. The molecule has 0 spiro atoms. The summed E-state index contributed by atoms with van der Waals surface area (Å²) in [5.41, 5.74) is 0.0756. The fraction of sp³-hybridized carbons (Fsp3) is 0.625. The second kappa shape index (κ2) is 10.8. The van der Waals surface area contributed by atoms with E-state index in [0.29, 0.717) is 6.42 Å². The maximum absolute atomic E-state index is 13.5. The Morgan fingerprint density at radius 2 is 1.97 bits per heavy atom. The zero-order chi connectivity index (χ0) is 26.7. The molecule has 7 nitrogen and oxygen atoms in total. The molecule has 170 valence electrons. The van der Waals surface area contributed by atoms with Crippen LogP contribution in [0.2, 0.25) is 0 Å². The van der Waals surface area contributed by atoms with Crippen LogP contribution in [0.1, 0.15) is 64.8 Å². The number of carboxylic acid groups (broad SMARTS) is 1. The van der Waals surface area contributed by atoms with E-state index in [4.69, 9.17) is 11.6 Å². The molecule has 31 heavy (non-hydrogen) atoms. The number of carbonyl (C=O) groups excluding carboxylic acids is 2. The quantitative estimate of drug-likeness (QED) is 0.579. The molecular formula is C24H34N2O5. The molecule has 5 atom stereocenters. The highest BCUT2D eigenvalue weighted by molar-refractivity contribution is 5.88. The Labute approximate surface area is 191 Å². The molecule has 3 rings (SSSR count). The zero-order valence-corrected chi connectivity index (χ0v) is 18.1. The van der Waals surface area contributed by atoms with Crippen LogP contribution in [0.25, 0.3) is 0 Å². The molecule has 1 saturated heterocycles. The van der Waals surface area contributed by atoms with Crippen LogP contribution in [0.5, 0.6) is 0 Å². The second-order valence-electron chi connectivity index (χ2n) is 8.28. The molecule has 1 aromatic carbocycles. The van der Waals surface area contributed by atoms with E-state index < -0.39 is 54.1 Å². The number of ether oxygens (including phenoxy) is 1. The number of benzene rings is 1. The minimum absolute atomic E-state index is 0.0146. The molecule has 1 heterocycles. The number of rotatable bonds is 9. The van der Waals surface area contributed by atoms with Crippen molar-refractivity contribution in [3.8, 4) is 0 Å². The van der Waals surface area contributed by atoms with Gasteiger partial charge in [-0.05, 0) is 57.4 Å². The summed E-state index contributed by atoms with van der Waals surface area (Å²) in [7, 11) is 0. The van der Waals surface area contributed by atoms with Crippen LogP contribution in [-0.4, -0.2) is 58.6 Å². The first-order chi connectivity index (χ1) is 17.0. The van der Waals surface area contributed by atoms with E-state index in [9.17, 15) is 19.5 Å². The number of fused-ring (bicyclic) bond motifs is 1. The van der Waals surface area contributed by atoms with Crippen molar-refractivity contribution in [2.24, 2.45) is 5.92 Å². The molecule has 7 heteroatoms. The molecule has 1 saturated carbocycles. The van der Waals surface area contributed by atoms with Crippen LogP contribution in [0, 0.1) is 5.92 Å². The lowest BCUT2D eigenvalue weighted by Gasteiger charge is -2.35. The highest BCUT2D eigenvalue weighted by Gasteiger charge is 2.48. The van der Waals surface area contributed by atoms with Crippen LogP contribution < -0.4 is 5.32 Å². The minimum Gasteiger partial charge on any atom is -0.480 e. The molecule has 2 aliphatic rings. The van der Waals surface area contributed by atoms with Gasteiger partial charge in [0.25, 0.3) is 0 Å². The van der Waals surface area contributed by atoms with Crippen molar-refractivity contribution in [2.45, 2.75) is 83.0 Å². The molecule has 0 aromatic heterocycles. The van der Waals surface area contributed by atoms with E-state index in [1.165, 1.54) is 4.90 Å². The van der Waals surface area contributed by atoms with E-state index in [1.807, 2.05) is 0 Å². The first-order valence-corrected chi connectivity index (χ1v) is 11.0. The second-order valence-corrected chi connectivity index (χ2v) is 8.28. The summed E-state index contributed by atoms with van der Waals surface area (Å²) in [4.78, 5) is 39.6. The van der Waals surface area contributed by atoms with Gasteiger partial charge in [0.2, 0.25) is 5.91 Å². The Bertz CT molecular complexity index is 994. The topological polar surface area (TPSA) is 95.9 Å². The number of nitrogens with zero attached hydrogens (tertiary/aromatic N) is 1. The molecule has 2 N–H and O–H groups in total. The average Bonchev–Trinajstić information content (AvgIpc) is 3.25. The molecular weight excluding hydrogens is 396 g/mol. The number of esters is 1. The van der Waals surface area contributed by atoms with Gasteiger partial charge in [-0.15, -0.1) is 0 Å². The van der Waals surface area contributed by atoms with E-state index >= 15 is 0 Å². The summed E-state index contributed by atoms with van der Waals surface area (Å²) >= 11 is 0. The van der Waals surface area contributed by atoms with Crippen LogP contribution in [0.4, 0.5) is 0 Å². The number of carbonyl (C=O) groups is 3. The molecule has 2 fully saturated rings. The lowest BCUT2D eigenvalue weighted by Crippen LogP contribution is -2.55. The highest BCUT2D eigenvalue weighted by atomic mass is 16.5. The average molecular weight is 436 g/mol. The van der Waals surface area contributed by atoms with Crippen molar-refractivity contribution >= 4 is 17.8 Å². The van der Waals surface area contributed by atoms with Gasteiger partial charge in [-0.1, -0.05) is 43.1 Å². The number of hydrogen-bond acceptors (Lipinski definition) is 5. The van der Waals surface area contributed by atoms with Crippen LogP contribution in [-0.2, 0) is 25.5 Å². The van der Waals surface area contributed by atoms with Crippen LogP contribution >= 0.6 is 0 Å². The maximum atomic E-state index is 13.5. The smallest absolute Gasteiger partial charge is 0.326 e. The van der Waals surface area contributed by atoms with Gasteiger partial charge in [0.1, 0.15) is 12.1 Å². The molecule has 0 bridgehead atoms. The summed E-state index contributed by atoms with van der Waals surface area (Å²) in [6, 6.07) is -4.98. The number of carboxylic acids is 1. The van der Waals surface area contributed by atoms with Crippen LogP contribution in [0.15, 0.2) is 30.2 Å².